The molecule has 0 aliphatic carbocycles. The summed E-state index contributed by atoms with van der Waals surface area (Å²) in [6, 6.07) is 11.6. The maximum absolute atomic E-state index is 8.41. The zero-order chi connectivity index (χ0) is 11.9. The zero-order valence-electron chi connectivity index (χ0n) is 9.06. The molecule has 1 heterocycles. The highest BCUT2D eigenvalue weighted by molar-refractivity contribution is 5.77. The van der Waals surface area contributed by atoms with Crippen molar-refractivity contribution in [3.05, 3.63) is 59.7 Å². The minimum atomic E-state index is 0.565. The van der Waals surface area contributed by atoms with E-state index in [1.54, 1.807) is 12.3 Å². The lowest BCUT2D eigenvalue weighted by Crippen LogP contribution is -1.92. The van der Waals surface area contributed by atoms with Crippen LogP contribution in [-0.4, -0.2) is 21.4 Å². The van der Waals surface area contributed by atoms with E-state index in [1.165, 1.54) is 6.21 Å². The highest BCUT2D eigenvalue weighted by Gasteiger charge is 1.93. The van der Waals surface area contributed by atoms with Crippen LogP contribution in [0.5, 0.6) is 0 Å². The Hall–Kier alpha value is -2.49. The van der Waals surface area contributed by atoms with Crippen LogP contribution in [0.25, 0.3) is 12.2 Å². The Morgan fingerprint density at radius 3 is 2.65 bits per heavy atom. The van der Waals surface area contributed by atoms with Gasteiger partial charge in [0, 0.05) is 6.20 Å². The van der Waals surface area contributed by atoms with E-state index in [0.29, 0.717) is 11.5 Å². The Balaban J connectivity index is 2.19. The number of rotatable bonds is 3. The van der Waals surface area contributed by atoms with E-state index >= 15 is 0 Å². The van der Waals surface area contributed by atoms with Crippen molar-refractivity contribution >= 4 is 18.4 Å². The Labute approximate surface area is 99.0 Å². The number of benzene rings is 1. The number of aromatic nitrogens is 2. The Morgan fingerprint density at radius 2 is 1.88 bits per heavy atom. The average Bonchev–Trinajstić information content (AvgIpc) is 2.39. The number of hydrogen-bond donors (Lipinski definition) is 1. The third-order valence-electron chi connectivity index (χ3n) is 2.11. The van der Waals surface area contributed by atoms with Crippen LogP contribution in [-0.2, 0) is 0 Å². The standard InChI is InChI=1S/C13H11N3O/c17-15-10-12-8-9-14-13(16-12)7-6-11-4-2-1-3-5-11/h1-10,17H/b7-6+,15-10+. The fourth-order valence-corrected chi connectivity index (χ4v) is 1.33. The highest BCUT2D eigenvalue weighted by atomic mass is 16.4. The molecular formula is C13H11N3O. The SMILES string of the molecule is O/N=C/c1ccnc(/C=C/c2ccccc2)n1. The summed E-state index contributed by atoms with van der Waals surface area (Å²) in [6.45, 7) is 0. The maximum atomic E-state index is 8.41. The van der Waals surface area contributed by atoms with Gasteiger partial charge in [-0.05, 0) is 17.7 Å². The van der Waals surface area contributed by atoms with Gasteiger partial charge in [-0.3, -0.25) is 0 Å². The van der Waals surface area contributed by atoms with Crippen molar-refractivity contribution in [3.8, 4) is 0 Å². The van der Waals surface area contributed by atoms with Gasteiger partial charge in [-0.15, -0.1) is 0 Å². The highest BCUT2D eigenvalue weighted by Crippen LogP contribution is 2.04. The van der Waals surface area contributed by atoms with Crippen LogP contribution < -0.4 is 0 Å². The summed E-state index contributed by atoms with van der Waals surface area (Å²) < 4.78 is 0. The average molecular weight is 225 g/mol. The molecule has 4 nitrogen and oxygen atoms in total. The van der Waals surface area contributed by atoms with Gasteiger partial charge in [0.05, 0.1) is 11.9 Å². The molecule has 0 spiro atoms. The zero-order valence-corrected chi connectivity index (χ0v) is 9.06. The monoisotopic (exact) mass is 225 g/mol. The minimum absolute atomic E-state index is 0.565. The second-order valence-electron chi connectivity index (χ2n) is 3.33. The summed E-state index contributed by atoms with van der Waals surface area (Å²) in [5.41, 5.74) is 1.65. The van der Waals surface area contributed by atoms with Gasteiger partial charge in [0.15, 0.2) is 5.82 Å². The van der Waals surface area contributed by atoms with Crippen molar-refractivity contribution in [1.29, 1.82) is 0 Å². The first kappa shape index (κ1) is 11.0. The van der Waals surface area contributed by atoms with E-state index in [-0.39, 0.29) is 0 Å². The molecule has 0 aliphatic heterocycles. The van der Waals surface area contributed by atoms with Gasteiger partial charge in [-0.1, -0.05) is 41.6 Å². The van der Waals surface area contributed by atoms with Crippen molar-refractivity contribution < 1.29 is 5.21 Å². The second kappa shape index (κ2) is 5.55. The number of hydrogen-bond acceptors (Lipinski definition) is 4. The molecule has 0 radical (unpaired) electrons. The molecule has 0 fully saturated rings. The number of nitrogens with zero attached hydrogens (tertiary/aromatic N) is 3. The Morgan fingerprint density at radius 1 is 1.06 bits per heavy atom. The van der Waals surface area contributed by atoms with Crippen LogP contribution >= 0.6 is 0 Å². The molecule has 0 saturated carbocycles. The van der Waals surface area contributed by atoms with Gasteiger partial charge in [0.25, 0.3) is 0 Å². The van der Waals surface area contributed by atoms with Crippen LogP contribution in [0, 0.1) is 0 Å². The van der Waals surface area contributed by atoms with Gasteiger partial charge >= 0.3 is 0 Å². The van der Waals surface area contributed by atoms with E-state index < -0.39 is 0 Å². The first-order chi connectivity index (χ1) is 8.38. The first-order valence-corrected chi connectivity index (χ1v) is 5.12. The van der Waals surface area contributed by atoms with Crippen LogP contribution in [0.1, 0.15) is 17.1 Å². The largest absolute Gasteiger partial charge is 0.411 e. The summed E-state index contributed by atoms with van der Waals surface area (Å²) in [6.07, 6.45) is 6.62. The van der Waals surface area contributed by atoms with Crippen molar-refractivity contribution in [1.82, 2.24) is 9.97 Å². The van der Waals surface area contributed by atoms with Gasteiger partial charge in [0.1, 0.15) is 0 Å². The van der Waals surface area contributed by atoms with E-state index in [0.717, 1.165) is 5.56 Å². The molecule has 1 aromatic heterocycles. The summed E-state index contributed by atoms with van der Waals surface area (Å²) in [4.78, 5) is 8.27. The van der Waals surface area contributed by atoms with Crippen molar-refractivity contribution in [2.75, 3.05) is 0 Å². The molecule has 0 bridgehead atoms. The summed E-state index contributed by atoms with van der Waals surface area (Å²) >= 11 is 0. The molecule has 1 aromatic carbocycles. The lowest BCUT2D eigenvalue weighted by molar-refractivity contribution is 0.321. The molecule has 2 aromatic rings. The van der Waals surface area contributed by atoms with Crippen LogP contribution in [0.15, 0.2) is 47.8 Å². The molecule has 0 unspecified atom stereocenters. The normalized spacial score (nSPS) is 11.3. The molecule has 1 N–H and O–H groups in total. The lowest BCUT2D eigenvalue weighted by atomic mass is 10.2. The maximum Gasteiger partial charge on any atom is 0.152 e. The molecule has 0 saturated heterocycles. The molecule has 0 aliphatic rings. The Bertz CT molecular complexity index is 535. The molecule has 4 heteroatoms. The van der Waals surface area contributed by atoms with Crippen molar-refractivity contribution in [2.45, 2.75) is 0 Å². The second-order valence-corrected chi connectivity index (χ2v) is 3.33. The summed E-state index contributed by atoms with van der Waals surface area (Å²) in [5, 5.41) is 11.3. The predicted octanol–water partition coefficient (Wildman–Crippen LogP) is 2.46. The molecule has 17 heavy (non-hydrogen) atoms. The van der Waals surface area contributed by atoms with E-state index in [9.17, 15) is 0 Å². The third-order valence-corrected chi connectivity index (χ3v) is 2.11. The molecule has 0 amide bonds. The van der Waals surface area contributed by atoms with Crippen LogP contribution in [0.4, 0.5) is 0 Å². The van der Waals surface area contributed by atoms with Crippen molar-refractivity contribution in [3.63, 3.8) is 0 Å². The lowest BCUT2D eigenvalue weighted by Gasteiger charge is -1.94. The fraction of sp³-hybridized carbons (Fsp3) is 0. The van der Waals surface area contributed by atoms with Gasteiger partial charge in [-0.2, -0.15) is 0 Å². The van der Waals surface area contributed by atoms with Crippen molar-refractivity contribution in [2.24, 2.45) is 5.16 Å². The van der Waals surface area contributed by atoms with Gasteiger partial charge in [-0.25, -0.2) is 9.97 Å². The van der Waals surface area contributed by atoms with E-state index in [1.807, 2.05) is 42.5 Å². The minimum Gasteiger partial charge on any atom is -0.411 e. The molecule has 2 rings (SSSR count). The summed E-state index contributed by atoms with van der Waals surface area (Å²) in [5.74, 6) is 0.575. The molecular weight excluding hydrogens is 214 g/mol. The topological polar surface area (TPSA) is 58.4 Å². The van der Waals surface area contributed by atoms with Crippen LogP contribution in [0.2, 0.25) is 0 Å². The molecule has 84 valence electrons. The van der Waals surface area contributed by atoms with Crippen LogP contribution in [0.3, 0.4) is 0 Å². The summed E-state index contributed by atoms with van der Waals surface area (Å²) in [7, 11) is 0. The van der Waals surface area contributed by atoms with Gasteiger partial charge in [0.2, 0.25) is 0 Å². The van der Waals surface area contributed by atoms with E-state index in [2.05, 4.69) is 15.1 Å². The predicted molar refractivity (Wildman–Crippen MR) is 66.8 cm³/mol. The smallest absolute Gasteiger partial charge is 0.152 e. The first-order valence-electron chi connectivity index (χ1n) is 5.12. The third kappa shape index (κ3) is 3.24. The quantitative estimate of drug-likeness (QED) is 0.496. The Kier molecular flexibility index (Phi) is 3.60. The van der Waals surface area contributed by atoms with Gasteiger partial charge < -0.3 is 5.21 Å². The fourth-order valence-electron chi connectivity index (χ4n) is 1.33. The molecule has 0 atom stereocenters. The number of oxime groups is 1. The van der Waals surface area contributed by atoms with E-state index in [4.69, 9.17) is 5.21 Å².